The minimum absolute atomic E-state index is 0.513. The lowest BCUT2D eigenvalue weighted by molar-refractivity contribution is 0.112. The van der Waals surface area contributed by atoms with Crippen molar-refractivity contribution in [2.45, 2.75) is 13.4 Å². The SMILES string of the molecule is CB(O)c1ccccc1CNc1ncccc1C=O. The van der Waals surface area contributed by atoms with Gasteiger partial charge in [-0.3, -0.25) is 4.79 Å². The summed E-state index contributed by atoms with van der Waals surface area (Å²) in [7, 11) is 0. The van der Waals surface area contributed by atoms with Crippen molar-refractivity contribution < 1.29 is 9.82 Å². The van der Waals surface area contributed by atoms with Crippen molar-refractivity contribution in [1.29, 1.82) is 0 Å². The van der Waals surface area contributed by atoms with E-state index in [9.17, 15) is 9.82 Å². The summed E-state index contributed by atoms with van der Waals surface area (Å²) in [5, 5.41) is 12.8. The van der Waals surface area contributed by atoms with E-state index in [4.69, 9.17) is 0 Å². The Morgan fingerprint density at radius 1 is 1.32 bits per heavy atom. The summed E-state index contributed by atoms with van der Waals surface area (Å²) < 4.78 is 0. The molecule has 19 heavy (non-hydrogen) atoms. The van der Waals surface area contributed by atoms with Crippen LogP contribution in [0.4, 0.5) is 5.82 Å². The first kappa shape index (κ1) is 13.3. The third kappa shape index (κ3) is 3.20. The van der Waals surface area contributed by atoms with E-state index in [0.717, 1.165) is 17.3 Å². The molecule has 5 heteroatoms. The standard InChI is InChI=1S/C14H15BN2O2/c1-15(19)13-7-3-2-5-11(13)9-17-14-12(10-18)6-4-8-16-14/h2-8,10,19H,9H2,1H3,(H,16,17). The summed E-state index contributed by atoms with van der Waals surface area (Å²) in [6.07, 6.45) is 2.41. The Morgan fingerprint density at radius 2 is 2.11 bits per heavy atom. The molecule has 96 valence electrons. The van der Waals surface area contributed by atoms with Gasteiger partial charge < -0.3 is 10.3 Å². The van der Waals surface area contributed by atoms with Gasteiger partial charge >= 0.3 is 6.92 Å². The number of aromatic nitrogens is 1. The summed E-state index contributed by atoms with van der Waals surface area (Å²) in [5.41, 5.74) is 2.38. The van der Waals surface area contributed by atoms with Crippen molar-refractivity contribution in [2.75, 3.05) is 5.32 Å². The second-order valence-electron chi connectivity index (χ2n) is 4.29. The number of benzene rings is 1. The van der Waals surface area contributed by atoms with Gasteiger partial charge in [0.2, 0.25) is 0 Å². The molecular weight excluding hydrogens is 239 g/mol. The molecule has 1 heterocycles. The van der Waals surface area contributed by atoms with E-state index in [-0.39, 0.29) is 0 Å². The second-order valence-corrected chi connectivity index (χ2v) is 4.29. The first-order valence-electron chi connectivity index (χ1n) is 6.12. The molecule has 0 atom stereocenters. The fourth-order valence-electron chi connectivity index (χ4n) is 1.94. The Bertz CT molecular complexity index is 573. The smallest absolute Gasteiger partial charge is 0.320 e. The van der Waals surface area contributed by atoms with Crippen LogP contribution in [0.2, 0.25) is 6.82 Å². The van der Waals surface area contributed by atoms with Gasteiger partial charge in [-0.1, -0.05) is 31.1 Å². The van der Waals surface area contributed by atoms with Gasteiger partial charge in [-0.25, -0.2) is 4.98 Å². The molecule has 0 bridgehead atoms. The van der Waals surface area contributed by atoms with Crippen LogP contribution in [0.25, 0.3) is 0 Å². The Hall–Kier alpha value is -2.14. The molecule has 0 unspecified atom stereocenters. The zero-order valence-corrected chi connectivity index (χ0v) is 10.7. The molecule has 0 saturated heterocycles. The van der Waals surface area contributed by atoms with Crippen LogP contribution in [-0.4, -0.2) is 23.2 Å². The lowest BCUT2D eigenvalue weighted by Gasteiger charge is -2.12. The number of carbonyl (C=O) groups excluding carboxylic acids is 1. The molecule has 0 radical (unpaired) electrons. The first-order valence-corrected chi connectivity index (χ1v) is 6.12. The van der Waals surface area contributed by atoms with Crippen LogP contribution in [0.15, 0.2) is 42.6 Å². The van der Waals surface area contributed by atoms with E-state index in [1.165, 1.54) is 0 Å². The predicted octanol–water partition coefficient (Wildman–Crippen LogP) is 1.33. The molecule has 0 aliphatic heterocycles. The number of hydrogen-bond donors (Lipinski definition) is 2. The van der Waals surface area contributed by atoms with Crippen LogP contribution in [0.1, 0.15) is 15.9 Å². The minimum atomic E-state index is -0.521. The lowest BCUT2D eigenvalue weighted by Crippen LogP contribution is -2.30. The second kappa shape index (κ2) is 6.16. The molecule has 0 amide bonds. The van der Waals surface area contributed by atoms with Gasteiger partial charge in [-0.15, -0.1) is 0 Å². The van der Waals surface area contributed by atoms with E-state index in [2.05, 4.69) is 10.3 Å². The highest BCUT2D eigenvalue weighted by molar-refractivity contribution is 6.65. The molecule has 1 aromatic carbocycles. The minimum Gasteiger partial charge on any atom is -0.446 e. The van der Waals surface area contributed by atoms with E-state index < -0.39 is 6.92 Å². The number of carbonyl (C=O) groups is 1. The molecule has 2 rings (SSSR count). The van der Waals surface area contributed by atoms with E-state index >= 15 is 0 Å². The molecule has 2 aromatic rings. The highest BCUT2D eigenvalue weighted by Crippen LogP contribution is 2.10. The summed E-state index contributed by atoms with van der Waals surface area (Å²) in [6.45, 7) is 1.72. The van der Waals surface area contributed by atoms with Gasteiger partial charge in [0.25, 0.3) is 0 Å². The fraction of sp³-hybridized carbons (Fsp3) is 0.143. The van der Waals surface area contributed by atoms with Crippen molar-refractivity contribution in [3.8, 4) is 0 Å². The van der Waals surface area contributed by atoms with E-state index in [0.29, 0.717) is 17.9 Å². The van der Waals surface area contributed by atoms with Crippen molar-refractivity contribution in [3.05, 3.63) is 53.7 Å². The lowest BCUT2D eigenvalue weighted by atomic mass is 9.62. The largest absolute Gasteiger partial charge is 0.446 e. The third-order valence-corrected chi connectivity index (χ3v) is 2.92. The maximum absolute atomic E-state index is 10.9. The third-order valence-electron chi connectivity index (χ3n) is 2.92. The number of nitrogens with one attached hydrogen (secondary N) is 1. The topological polar surface area (TPSA) is 62.2 Å². The number of anilines is 1. The van der Waals surface area contributed by atoms with Crippen molar-refractivity contribution in [2.24, 2.45) is 0 Å². The number of aldehydes is 1. The van der Waals surface area contributed by atoms with Crippen LogP contribution in [0.5, 0.6) is 0 Å². The number of rotatable bonds is 5. The van der Waals surface area contributed by atoms with Crippen LogP contribution in [0, 0.1) is 0 Å². The summed E-state index contributed by atoms with van der Waals surface area (Å²) in [5.74, 6) is 0.554. The molecule has 0 aliphatic rings. The van der Waals surface area contributed by atoms with Crippen molar-refractivity contribution >= 4 is 24.5 Å². The van der Waals surface area contributed by atoms with E-state index in [1.807, 2.05) is 24.3 Å². The van der Waals surface area contributed by atoms with Crippen LogP contribution in [0.3, 0.4) is 0 Å². The summed E-state index contributed by atoms with van der Waals surface area (Å²) in [4.78, 5) is 15.0. The average Bonchev–Trinajstić information content (AvgIpc) is 2.45. The molecule has 0 spiro atoms. The Balaban J connectivity index is 2.17. The number of nitrogens with zero attached hydrogens (tertiary/aromatic N) is 1. The molecule has 2 N–H and O–H groups in total. The molecule has 0 aliphatic carbocycles. The first-order chi connectivity index (χ1) is 9.22. The van der Waals surface area contributed by atoms with Crippen LogP contribution >= 0.6 is 0 Å². The zero-order chi connectivity index (χ0) is 13.7. The quantitative estimate of drug-likeness (QED) is 0.624. The number of hydrogen-bond acceptors (Lipinski definition) is 4. The molecular formula is C14H15BN2O2. The predicted molar refractivity (Wildman–Crippen MR) is 76.9 cm³/mol. The van der Waals surface area contributed by atoms with Gasteiger partial charge in [-0.2, -0.15) is 0 Å². The maximum atomic E-state index is 10.9. The fourth-order valence-corrected chi connectivity index (χ4v) is 1.94. The number of pyridine rings is 1. The van der Waals surface area contributed by atoms with Gasteiger partial charge in [0.1, 0.15) is 5.82 Å². The maximum Gasteiger partial charge on any atom is 0.320 e. The van der Waals surface area contributed by atoms with Gasteiger partial charge in [0.15, 0.2) is 6.29 Å². The molecule has 1 aromatic heterocycles. The summed E-state index contributed by atoms with van der Waals surface area (Å²) in [6, 6.07) is 11.1. The van der Waals surface area contributed by atoms with Crippen molar-refractivity contribution in [3.63, 3.8) is 0 Å². The Morgan fingerprint density at radius 3 is 2.84 bits per heavy atom. The Kier molecular flexibility index (Phi) is 4.31. The monoisotopic (exact) mass is 254 g/mol. The Labute approximate surface area is 112 Å². The highest BCUT2D eigenvalue weighted by atomic mass is 16.2. The normalized spacial score (nSPS) is 10.0. The molecule has 0 fully saturated rings. The van der Waals surface area contributed by atoms with Gasteiger partial charge in [-0.05, 0) is 23.2 Å². The van der Waals surface area contributed by atoms with E-state index in [1.54, 1.807) is 25.2 Å². The van der Waals surface area contributed by atoms with Crippen LogP contribution in [-0.2, 0) is 6.54 Å². The zero-order valence-electron chi connectivity index (χ0n) is 10.7. The average molecular weight is 254 g/mol. The summed E-state index contributed by atoms with van der Waals surface area (Å²) >= 11 is 0. The van der Waals surface area contributed by atoms with Gasteiger partial charge in [0, 0.05) is 12.7 Å². The van der Waals surface area contributed by atoms with Crippen molar-refractivity contribution in [1.82, 2.24) is 4.98 Å². The molecule has 4 nitrogen and oxygen atoms in total. The van der Waals surface area contributed by atoms with Crippen LogP contribution < -0.4 is 10.8 Å². The highest BCUT2D eigenvalue weighted by Gasteiger charge is 2.11. The molecule has 0 saturated carbocycles. The van der Waals surface area contributed by atoms with Gasteiger partial charge in [0.05, 0.1) is 5.56 Å².